The number of nitrogens with zero attached hydrogens (tertiary/aromatic N) is 2. The molecule has 0 heterocycles. The number of esters is 1. The van der Waals surface area contributed by atoms with Gasteiger partial charge in [-0.15, -0.1) is 0 Å². The van der Waals surface area contributed by atoms with E-state index in [9.17, 15) is 19.2 Å². The van der Waals surface area contributed by atoms with Crippen LogP contribution in [0, 0.1) is 5.92 Å². The number of rotatable bonds is 18. The summed E-state index contributed by atoms with van der Waals surface area (Å²) in [6.45, 7) is 10.5. The van der Waals surface area contributed by atoms with Gasteiger partial charge in [0.2, 0.25) is 17.6 Å². The predicted octanol–water partition coefficient (Wildman–Crippen LogP) is 0.376. The third-order valence-corrected chi connectivity index (χ3v) is 4.36. The molecule has 0 aliphatic carbocycles. The Morgan fingerprint density at radius 1 is 0.971 bits per heavy atom. The van der Waals surface area contributed by atoms with Gasteiger partial charge in [0.05, 0.1) is 26.4 Å². The number of amides is 2. The van der Waals surface area contributed by atoms with Gasteiger partial charge in [-0.1, -0.05) is 13.8 Å². The first-order valence-electron chi connectivity index (χ1n) is 11.8. The zero-order chi connectivity index (χ0) is 26.9. The van der Waals surface area contributed by atoms with E-state index in [-0.39, 0.29) is 37.7 Å². The van der Waals surface area contributed by atoms with Crippen LogP contribution in [-0.2, 0) is 33.4 Å². The molecule has 0 aromatic carbocycles. The standard InChI is InChI=1S/C23H41N5O7/c1-16(2)14-19(27-20(30)8-10-33-12-13-34-11-9-24)21(31)28-18(7-6-17(29)15-26-25)22(32)35-23(3,4)5/h15-16,18-19H,6-14,24H2,1-5H3,(H,27,30)(H,28,31)/t18?,19-/m0/s1. The molecule has 0 saturated carbocycles. The molecule has 0 radical (unpaired) electrons. The van der Waals surface area contributed by atoms with Crippen molar-refractivity contribution in [3.05, 3.63) is 5.53 Å². The molecule has 4 N–H and O–H groups in total. The van der Waals surface area contributed by atoms with Crippen LogP contribution in [0.25, 0.3) is 5.53 Å². The molecule has 2 atom stereocenters. The lowest BCUT2D eigenvalue weighted by Gasteiger charge is -2.26. The van der Waals surface area contributed by atoms with Gasteiger partial charge in [-0.25, -0.2) is 4.79 Å². The van der Waals surface area contributed by atoms with Crippen molar-refractivity contribution < 1.29 is 38.2 Å². The van der Waals surface area contributed by atoms with Crippen LogP contribution >= 0.6 is 0 Å². The van der Waals surface area contributed by atoms with Crippen LogP contribution < -0.4 is 16.4 Å². The van der Waals surface area contributed by atoms with Gasteiger partial charge in [0.15, 0.2) is 0 Å². The lowest BCUT2D eigenvalue weighted by Crippen LogP contribution is -2.53. The lowest BCUT2D eigenvalue weighted by molar-refractivity contribution is -0.159. The van der Waals surface area contributed by atoms with Crippen molar-refractivity contribution in [3.63, 3.8) is 0 Å². The Balaban J connectivity index is 5.09. The molecule has 2 amide bonds. The summed E-state index contributed by atoms with van der Waals surface area (Å²) in [6.07, 6.45) is 0.893. The summed E-state index contributed by atoms with van der Waals surface area (Å²) in [5.74, 6) is -2.10. The summed E-state index contributed by atoms with van der Waals surface area (Å²) < 4.78 is 15.9. The maximum Gasteiger partial charge on any atom is 0.329 e. The van der Waals surface area contributed by atoms with E-state index in [4.69, 9.17) is 25.5 Å². The van der Waals surface area contributed by atoms with E-state index in [2.05, 4.69) is 15.4 Å². The Kier molecular flexibility index (Phi) is 16.4. The molecule has 0 bridgehead atoms. The van der Waals surface area contributed by atoms with E-state index < -0.39 is 35.3 Å². The fourth-order valence-electron chi connectivity index (χ4n) is 2.85. The topological polar surface area (TPSA) is 182 Å². The van der Waals surface area contributed by atoms with E-state index >= 15 is 0 Å². The number of ether oxygens (including phenoxy) is 3. The number of Topliss-reactive ketones (excluding diaryl/α,β-unsaturated/α-hetero) is 1. The molecule has 0 rings (SSSR count). The zero-order valence-corrected chi connectivity index (χ0v) is 21.5. The van der Waals surface area contributed by atoms with E-state index in [0.717, 1.165) is 6.21 Å². The Morgan fingerprint density at radius 3 is 2.14 bits per heavy atom. The van der Waals surface area contributed by atoms with Crippen LogP contribution in [0.5, 0.6) is 0 Å². The first kappa shape index (κ1) is 32.3. The summed E-state index contributed by atoms with van der Waals surface area (Å²) >= 11 is 0. The summed E-state index contributed by atoms with van der Waals surface area (Å²) in [4.78, 5) is 52.4. The predicted molar refractivity (Wildman–Crippen MR) is 128 cm³/mol. The number of ketones is 1. The van der Waals surface area contributed by atoms with Crippen molar-refractivity contribution in [1.29, 1.82) is 0 Å². The number of nitrogens with two attached hydrogens (primary N) is 1. The second kappa shape index (κ2) is 17.7. The SMILES string of the molecule is CC(C)C[C@H](NC(=O)CCOCCOCCN)C(=O)NC(CCC(=O)C=[N+]=[N-])C(=O)OC(C)(C)C. The smallest absolute Gasteiger partial charge is 0.329 e. The maximum atomic E-state index is 13.0. The van der Waals surface area contributed by atoms with E-state index in [1.54, 1.807) is 20.8 Å². The molecule has 1 unspecified atom stereocenters. The minimum atomic E-state index is -1.12. The van der Waals surface area contributed by atoms with Crippen molar-refractivity contribution in [2.24, 2.45) is 11.7 Å². The van der Waals surface area contributed by atoms with Gasteiger partial charge >= 0.3 is 12.2 Å². The second-order valence-electron chi connectivity index (χ2n) is 9.36. The van der Waals surface area contributed by atoms with Crippen molar-refractivity contribution in [2.45, 2.75) is 78.0 Å². The summed E-state index contributed by atoms with van der Waals surface area (Å²) in [5, 5.41) is 5.28. The molecule has 12 nitrogen and oxygen atoms in total. The first-order chi connectivity index (χ1) is 16.4. The number of carbonyl (C=O) groups is 4. The van der Waals surface area contributed by atoms with Gasteiger partial charge < -0.3 is 36.1 Å². The monoisotopic (exact) mass is 499 g/mol. The summed E-state index contributed by atoms with van der Waals surface area (Å²) in [6, 6.07) is -2.02. The highest BCUT2D eigenvalue weighted by Gasteiger charge is 2.30. The Bertz CT molecular complexity index is 730. The van der Waals surface area contributed by atoms with Gasteiger partial charge in [-0.3, -0.25) is 14.4 Å². The van der Waals surface area contributed by atoms with E-state index in [1.807, 2.05) is 13.8 Å². The lowest BCUT2D eigenvalue weighted by atomic mass is 10.0. The van der Waals surface area contributed by atoms with Crippen molar-refractivity contribution in [2.75, 3.05) is 33.0 Å². The average molecular weight is 500 g/mol. The average Bonchev–Trinajstić information content (AvgIpc) is 2.74. The zero-order valence-electron chi connectivity index (χ0n) is 21.5. The van der Waals surface area contributed by atoms with Crippen molar-refractivity contribution in [1.82, 2.24) is 10.6 Å². The van der Waals surface area contributed by atoms with Crippen LogP contribution in [0.2, 0.25) is 0 Å². The minimum absolute atomic E-state index is 0.0449. The van der Waals surface area contributed by atoms with Gasteiger partial charge in [0.1, 0.15) is 17.7 Å². The Hall–Kier alpha value is -2.66. The largest absolute Gasteiger partial charge is 0.458 e. The molecule has 0 aliphatic heterocycles. The fourth-order valence-corrected chi connectivity index (χ4v) is 2.85. The van der Waals surface area contributed by atoms with E-state index in [0.29, 0.717) is 32.8 Å². The quantitative estimate of drug-likeness (QED) is 0.0794. The molecule has 0 aromatic heterocycles. The van der Waals surface area contributed by atoms with Crippen molar-refractivity contribution >= 4 is 29.8 Å². The molecular weight excluding hydrogens is 458 g/mol. The molecule has 35 heavy (non-hydrogen) atoms. The van der Waals surface area contributed by atoms with Gasteiger partial charge in [-0.05, 0) is 39.5 Å². The highest BCUT2D eigenvalue weighted by Crippen LogP contribution is 2.12. The number of hydrogen-bond donors (Lipinski definition) is 3. The third kappa shape index (κ3) is 17.4. The Labute approximate surface area is 207 Å². The molecule has 12 heteroatoms. The van der Waals surface area contributed by atoms with E-state index in [1.165, 1.54) is 0 Å². The normalized spacial score (nSPS) is 12.9. The number of hydrogen-bond acceptors (Lipinski definition) is 8. The van der Waals surface area contributed by atoms with Crippen LogP contribution in [0.3, 0.4) is 0 Å². The molecule has 200 valence electrons. The minimum Gasteiger partial charge on any atom is -0.458 e. The third-order valence-electron chi connectivity index (χ3n) is 4.36. The molecule has 0 aliphatic rings. The van der Waals surface area contributed by atoms with Crippen molar-refractivity contribution in [3.8, 4) is 0 Å². The highest BCUT2D eigenvalue weighted by atomic mass is 16.6. The van der Waals surface area contributed by atoms with Gasteiger partial charge in [-0.2, -0.15) is 4.79 Å². The molecule has 0 saturated heterocycles. The molecule has 0 fully saturated rings. The molecule has 0 spiro atoms. The maximum absolute atomic E-state index is 13.0. The number of carbonyl (C=O) groups excluding carboxylic acids is 4. The van der Waals surface area contributed by atoms with Gasteiger partial charge in [0.25, 0.3) is 0 Å². The summed E-state index contributed by atoms with van der Waals surface area (Å²) in [7, 11) is 0. The number of nitrogens with one attached hydrogen (secondary N) is 2. The molecular formula is C23H41N5O7. The fraction of sp³-hybridized carbons (Fsp3) is 0.783. The highest BCUT2D eigenvalue weighted by molar-refractivity contribution is 6.25. The Morgan fingerprint density at radius 2 is 1.60 bits per heavy atom. The summed E-state index contributed by atoms with van der Waals surface area (Å²) in [5.41, 5.74) is 13.0. The second-order valence-corrected chi connectivity index (χ2v) is 9.36. The van der Waals surface area contributed by atoms with Crippen LogP contribution in [0.15, 0.2) is 0 Å². The van der Waals surface area contributed by atoms with Crippen LogP contribution in [0.1, 0.15) is 60.3 Å². The first-order valence-corrected chi connectivity index (χ1v) is 11.8. The van der Waals surface area contributed by atoms with Gasteiger partial charge in [0, 0.05) is 19.4 Å². The van der Waals surface area contributed by atoms with Crippen LogP contribution in [-0.4, -0.2) is 85.2 Å². The molecule has 0 aromatic rings. The van der Waals surface area contributed by atoms with Crippen LogP contribution in [0.4, 0.5) is 0 Å².